The van der Waals surface area contributed by atoms with Gasteiger partial charge in [0.15, 0.2) is 6.61 Å². The van der Waals surface area contributed by atoms with Gasteiger partial charge in [-0.25, -0.2) is 4.79 Å². The molecule has 1 heterocycles. The molecule has 0 unspecified atom stereocenters. The highest BCUT2D eigenvalue weighted by molar-refractivity contribution is 5.93. The first-order valence-corrected chi connectivity index (χ1v) is 9.45. The predicted octanol–water partition coefficient (Wildman–Crippen LogP) is 3.32. The van der Waals surface area contributed by atoms with Gasteiger partial charge < -0.3 is 10.1 Å². The van der Waals surface area contributed by atoms with Crippen LogP contribution in [0.3, 0.4) is 0 Å². The molecule has 0 spiro atoms. The smallest absolute Gasteiger partial charge is 0.342 e. The highest BCUT2D eigenvalue weighted by Crippen LogP contribution is 2.16. The molecular formula is C21H29N3O3. The third-order valence-electron chi connectivity index (χ3n) is 4.48. The molecule has 1 aromatic heterocycles. The van der Waals surface area contributed by atoms with Crippen molar-refractivity contribution in [3.8, 4) is 0 Å². The topological polar surface area (TPSA) is 73.2 Å². The number of benzene rings is 1. The Balaban J connectivity index is 1.95. The third-order valence-corrected chi connectivity index (χ3v) is 4.48. The SMILES string of the molecule is CCCCCNC(=O)COC(=O)c1c(C)nn(Cc2ccc(C)cc2)c1C. The summed E-state index contributed by atoms with van der Waals surface area (Å²) in [6.07, 6.45) is 3.09. The molecule has 1 amide bonds. The average Bonchev–Trinajstić information content (AvgIpc) is 2.92. The Morgan fingerprint density at radius 3 is 2.48 bits per heavy atom. The molecule has 0 saturated carbocycles. The molecule has 0 aliphatic carbocycles. The summed E-state index contributed by atoms with van der Waals surface area (Å²) in [5.74, 6) is -0.786. The second-order valence-electron chi connectivity index (χ2n) is 6.82. The van der Waals surface area contributed by atoms with Gasteiger partial charge in [0.25, 0.3) is 5.91 Å². The number of nitrogens with zero attached hydrogens (tertiary/aromatic N) is 2. The van der Waals surface area contributed by atoms with Crippen LogP contribution in [-0.4, -0.2) is 34.8 Å². The monoisotopic (exact) mass is 371 g/mol. The first kappa shape index (κ1) is 20.7. The zero-order valence-electron chi connectivity index (χ0n) is 16.7. The molecule has 0 radical (unpaired) electrons. The number of amides is 1. The van der Waals surface area contributed by atoms with Crippen LogP contribution in [-0.2, 0) is 16.1 Å². The summed E-state index contributed by atoms with van der Waals surface area (Å²) in [7, 11) is 0. The summed E-state index contributed by atoms with van der Waals surface area (Å²) >= 11 is 0. The lowest BCUT2D eigenvalue weighted by Gasteiger charge is -2.08. The Morgan fingerprint density at radius 2 is 1.81 bits per heavy atom. The normalized spacial score (nSPS) is 10.7. The second kappa shape index (κ2) is 9.90. The minimum atomic E-state index is -0.510. The van der Waals surface area contributed by atoms with Gasteiger partial charge in [-0.15, -0.1) is 0 Å². The predicted molar refractivity (Wildman–Crippen MR) is 105 cm³/mol. The second-order valence-corrected chi connectivity index (χ2v) is 6.82. The highest BCUT2D eigenvalue weighted by Gasteiger charge is 2.21. The van der Waals surface area contributed by atoms with Crippen molar-refractivity contribution in [2.24, 2.45) is 0 Å². The van der Waals surface area contributed by atoms with E-state index in [1.54, 1.807) is 11.6 Å². The van der Waals surface area contributed by atoms with E-state index in [0.717, 1.165) is 30.5 Å². The molecule has 146 valence electrons. The van der Waals surface area contributed by atoms with Gasteiger partial charge in [-0.2, -0.15) is 5.10 Å². The maximum atomic E-state index is 12.4. The Bertz CT molecular complexity index is 779. The number of esters is 1. The first-order chi connectivity index (χ1) is 12.9. The lowest BCUT2D eigenvalue weighted by Crippen LogP contribution is -2.29. The fourth-order valence-corrected chi connectivity index (χ4v) is 2.87. The van der Waals surface area contributed by atoms with Gasteiger partial charge in [0.05, 0.1) is 17.9 Å². The van der Waals surface area contributed by atoms with E-state index < -0.39 is 5.97 Å². The number of hydrogen-bond donors (Lipinski definition) is 1. The number of unbranched alkanes of at least 4 members (excludes halogenated alkanes) is 2. The summed E-state index contributed by atoms with van der Waals surface area (Å²) in [6, 6.07) is 8.20. The molecule has 6 nitrogen and oxygen atoms in total. The molecule has 0 bridgehead atoms. The van der Waals surface area contributed by atoms with Gasteiger partial charge in [-0.05, 0) is 32.8 Å². The fourth-order valence-electron chi connectivity index (χ4n) is 2.87. The summed E-state index contributed by atoms with van der Waals surface area (Å²) in [5, 5.41) is 7.22. The van der Waals surface area contributed by atoms with Gasteiger partial charge in [0.1, 0.15) is 5.56 Å². The number of nitrogens with one attached hydrogen (secondary N) is 1. The molecule has 0 atom stereocenters. The highest BCUT2D eigenvalue weighted by atomic mass is 16.5. The van der Waals surface area contributed by atoms with Crippen molar-refractivity contribution in [3.05, 3.63) is 52.3 Å². The zero-order valence-corrected chi connectivity index (χ0v) is 16.7. The molecule has 1 aromatic carbocycles. The van der Waals surface area contributed by atoms with E-state index in [4.69, 9.17) is 4.74 Å². The molecule has 1 N–H and O–H groups in total. The van der Waals surface area contributed by atoms with E-state index in [1.165, 1.54) is 5.56 Å². The number of carbonyl (C=O) groups excluding carboxylic acids is 2. The van der Waals surface area contributed by atoms with E-state index in [9.17, 15) is 9.59 Å². The number of aromatic nitrogens is 2. The number of hydrogen-bond acceptors (Lipinski definition) is 4. The van der Waals surface area contributed by atoms with Gasteiger partial charge in [0, 0.05) is 6.54 Å². The summed E-state index contributed by atoms with van der Waals surface area (Å²) in [5.41, 5.74) is 4.08. The number of carbonyl (C=O) groups is 2. The van der Waals surface area contributed by atoms with Crippen molar-refractivity contribution in [1.82, 2.24) is 15.1 Å². The van der Waals surface area contributed by atoms with E-state index in [2.05, 4.69) is 29.5 Å². The lowest BCUT2D eigenvalue weighted by atomic mass is 10.1. The van der Waals surface area contributed by atoms with Gasteiger partial charge in [-0.3, -0.25) is 9.48 Å². The standard InChI is InChI=1S/C21H29N3O3/c1-5-6-7-12-22-19(25)14-27-21(26)20-16(3)23-24(17(20)4)13-18-10-8-15(2)9-11-18/h8-11H,5-7,12-14H2,1-4H3,(H,22,25). The quantitative estimate of drug-likeness (QED) is 0.542. The maximum absolute atomic E-state index is 12.4. The van der Waals surface area contributed by atoms with E-state index in [0.29, 0.717) is 24.3 Å². The maximum Gasteiger partial charge on any atom is 0.342 e. The molecular weight excluding hydrogens is 342 g/mol. The summed E-state index contributed by atoms with van der Waals surface area (Å²) < 4.78 is 6.98. The zero-order chi connectivity index (χ0) is 19.8. The van der Waals surface area contributed by atoms with Gasteiger partial charge in [-0.1, -0.05) is 49.6 Å². The van der Waals surface area contributed by atoms with Gasteiger partial charge >= 0.3 is 5.97 Å². The molecule has 0 fully saturated rings. The molecule has 0 saturated heterocycles. The Kier molecular flexibility index (Phi) is 7.58. The van der Waals surface area contributed by atoms with Crippen LogP contribution in [0.25, 0.3) is 0 Å². The fraction of sp³-hybridized carbons (Fsp3) is 0.476. The van der Waals surface area contributed by atoms with Crippen LogP contribution in [0.5, 0.6) is 0 Å². The van der Waals surface area contributed by atoms with E-state index in [1.807, 2.05) is 26.0 Å². The Morgan fingerprint density at radius 1 is 1.11 bits per heavy atom. The van der Waals surface area contributed by atoms with Crippen molar-refractivity contribution in [2.45, 2.75) is 53.5 Å². The Labute approximate surface area is 160 Å². The minimum absolute atomic E-state index is 0.271. The number of rotatable bonds is 9. The number of aryl methyl sites for hydroxylation is 2. The van der Waals surface area contributed by atoms with Crippen molar-refractivity contribution in [1.29, 1.82) is 0 Å². The summed E-state index contributed by atoms with van der Waals surface area (Å²) in [6.45, 7) is 8.69. The Hall–Kier alpha value is -2.63. The molecule has 27 heavy (non-hydrogen) atoms. The summed E-state index contributed by atoms with van der Waals surface area (Å²) in [4.78, 5) is 24.2. The van der Waals surface area contributed by atoms with Crippen molar-refractivity contribution in [3.63, 3.8) is 0 Å². The lowest BCUT2D eigenvalue weighted by molar-refractivity contribution is -0.124. The van der Waals surface area contributed by atoms with Crippen molar-refractivity contribution >= 4 is 11.9 Å². The third kappa shape index (κ3) is 5.94. The van der Waals surface area contributed by atoms with Gasteiger partial charge in [0.2, 0.25) is 0 Å². The van der Waals surface area contributed by atoms with Crippen LogP contribution in [0, 0.1) is 20.8 Å². The van der Waals surface area contributed by atoms with Crippen LogP contribution in [0.2, 0.25) is 0 Å². The molecule has 2 rings (SSSR count). The van der Waals surface area contributed by atoms with Crippen molar-refractivity contribution in [2.75, 3.05) is 13.2 Å². The van der Waals surface area contributed by atoms with E-state index in [-0.39, 0.29) is 12.5 Å². The number of ether oxygens (including phenoxy) is 1. The molecule has 0 aliphatic rings. The van der Waals surface area contributed by atoms with Crippen LogP contribution in [0.4, 0.5) is 0 Å². The molecule has 2 aromatic rings. The van der Waals surface area contributed by atoms with Crippen LogP contribution in [0.1, 0.15) is 59.1 Å². The molecule has 0 aliphatic heterocycles. The van der Waals surface area contributed by atoms with Crippen LogP contribution < -0.4 is 5.32 Å². The minimum Gasteiger partial charge on any atom is -0.452 e. The average molecular weight is 371 g/mol. The van der Waals surface area contributed by atoms with Crippen molar-refractivity contribution < 1.29 is 14.3 Å². The van der Waals surface area contributed by atoms with E-state index >= 15 is 0 Å². The largest absolute Gasteiger partial charge is 0.452 e. The first-order valence-electron chi connectivity index (χ1n) is 9.45. The molecule has 6 heteroatoms. The van der Waals surface area contributed by atoms with Crippen LogP contribution >= 0.6 is 0 Å². The van der Waals surface area contributed by atoms with Crippen LogP contribution in [0.15, 0.2) is 24.3 Å².